The van der Waals surface area contributed by atoms with E-state index in [1.54, 1.807) is 0 Å². The number of alkyl halides is 3. The van der Waals surface area contributed by atoms with Gasteiger partial charge >= 0.3 is 6.18 Å². The SMILES string of the molecule is O=C(CC1CSc2nc3c(c(=O)n21)CCC3)Nc1ccccc1C(F)(F)F. The molecule has 0 saturated heterocycles. The van der Waals surface area contributed by atoms with E-state index in [0.29, 0.717) is 22.9 Å². The lowest BCUT2D eigenvalue weighted by molar-refractivity contribution is -0.137. The highest BCUT2D eigenvalue weighted by Crippen LogP contribution is 2.36. The molecule has 5 nitrogen and oxygen atoms in total. The van der Waals surface area contributed by atoms with Crippen molar-refractivity contribution in [2.75, 3.05) is 11.1 Å². The van der Waals surface area contributed by atoms with Gasteiger partial charge in [-0.05, 0) is 31.4 Å². The highest BCUT2D eigenvalue weighted by Gasteiger charge is 2.34. The Morgan fingerprint density at radius 1 is 1.30 bits per heavy atom. The fourth-order valence-corrected chi connectivity index (χ4v) is 4.71. The van der Waals surface area contributed by atoms with Gasteiger partial charge in [-0.3, -0.25) is 14.2 Å². The highest BCUT2D eigenvalue weighted by molar-refractivity contribution is 7.99. The minimum atomic E-state index is -4.55. The molecule has 2 heterocycles. The average Bonchev–Trinajstić information content (AvgIpc) is 3.22. The number of aromatic nitrogens is 2. The van der Waals surface area contributed by atoms with Crippen LogP contribution in [0.1, 0.15) is 35.7 Å². The molecule has 9 heteroatoms. The van der Waals surface area contributed by atoms with Crippen molar-refractivity contribution in [3.05, 3.63) is 51.4 Å². The molecule has 1 amide bonds. The van der Waals surface area contributed by atoms with E-state index in [1.807, 2.05) is 0 Å². The largest absolute Gasteiger partial charge is 0.418 e. The number of aryl methyl sites for hydroxylation is 1. The maximum atomic E-state index is 13.1. The van der Waals surface area contributed by atoms with E-state index in [-0.39, 0.29) is 17.7 Å². The molecule has 4 rings (SSSR count). The third kappa shape index (κ3) is 3.36. The van der Waals surface area contributed by atoms with E-state index in [0.717, 1.165) is 24.6 Å². The molecular formula is C18H16F3N3O2S. The Labute approximate surface area is 157 Å². The van der Waals surface area contributed by atoms with Gasteiger partial charge in [0.15, 0.2) is 5.16 Å². The van der Waals surface area contributed by atoms with Crippen molar-refractivity contribution in [3.63, 3.8) is 0 Å². The first-order valence-corrected chi connectivity index (χ1v) is 9.56. The zero-order chi connectivity index (χ0) is 19.2. The van der Waals surface area contributed by atoms with E-state index in [2.05, 4.69) is 10.3 Å². The zero-order valence-electron chi connectivity index (χ0n) is 14.2. The zero-order valence-corrected chi connectivity index (χ0v) is 15.0. The molecule has 1 aromatic heterocycles. The average molecular weight is 395 g/mol. The third-order valence-electron chi connectivity index (χ3n) is 4.80. The van der Waals surface area contributed by atoms with Gasteiger partial charge in [-0.1, -0.05) is 23.9 Å². The summed E-state index contributed by atoms with van der Waals surface area (Å²) in [5.74, 6) is -0.0584. The number of amides is 1. The molecule has 0 radical (unpaired) electrons. The van der Waals surface area contributed by atoms with E-state index < -0.39 is 23.7 Å². The second kappa shape index (κ2) is 6.70. The van der Waals surface area contributed by atoms with Gasteiger partial charge < -0.3 is 5.32 Å². The highest BCUT2D eigenvalue weighted by atomic mass is 32.2. The Balaban J connectivity index is 1.55. The van der Waals surface area contributed by atoms with Gasteiger partial charge in [0.25, 0.3) is 5.56 Å². The van der Waals surface area contributed by atoms with Crippen LogP contribution in [-0.4, -0.2) is 21.2 Å². The van der Waals surface area contributed by atoms with Crippen LogP contribution in [0.3, 0.4) is 0 Å². The number of fused-ring (bicyclic) bond motifs is 2. The predicted octanol–water partition coefficient (Wildman–Crippen LogP) is 3.43. The number of hydrogen-bond acceptors (Lipinski definition) is 4. The van der Waals surface area contributed by atoms with Crippen LogP contribution in [0.5, 0.6) is 0 Å². The maximum absolute atomic E-state index is 13.1. The number of carbonyl (C=O) groups excluding carboxylic acids is 1. The predicted molar refractivity (Wildman–Crippen MR) is 95.0 cm³/mol. The Morgan fingerprint density at radius 2 is 2.07 bits per heavy atom. The number of thioether (sulfide) groups is 1. The number of anilines is 1. The Morgan fingerprint density at radius 3 is 2.85 bits per heavy atom. The third-order valence-corrected chi connectivity index (χ3v) is 5.90. The van der Waals surface area contributed by atoms with Crippen LogP contribution in [0.15, 0.2) is 34.2 Å². The molecule has 27 heavy (non-hydrogen) atoms. The Kier molecular flexibility index (Phi) is 4.49. The number of para-hydroxylation sites is 1. The van der Waals surface area contributed by atoms with Crippen LogP contribution < -0.4 is 10.9 Å². The lowest BCUT2D eigenvalue weighted by Gasteiger charge is -2.16. The van der Waals surface area contributed by atoms with Crippen molar-refractivity contribution < 1.29 is 18.0 Å². The summed E-state index contributed by atoms with van der Waals surface area (Å²) in [5, 5.41) is 2.93. The van der Waals surface area contributed by atoms with Gasteiger partial charge in [0, 0.05) is 17.7 Å². The molecule has 1 N–H and O–H groups in total. The quantitative estimate of drug-likeness (QED) is 0.809. The van der Waals surface area contributed by atoms with Gasteiger partial charge in [0.05, 0.1) is 23.0 Å². The Bertz CT molecular complexity index is 971. The minimum Gasteiger partial charge on any atom is -0.325 e. The molecule has 1 aromatic carbocycles. The number of nitrogens with zero attached hydrogens (tertiary/aromatic N) is 2. The summed E-state index contributed by atoms with van der Waals surface area (Å²) < 4.78 is 40.7. The van der Waals surface area contributed by atoms with Gasteiger partial charge in [0.1, 0.15) is 0 Å². The molecule has 0 saturated carbocycles. The molecule has 1 aliphatic heterocycles. The fraction of sp³-hybridized carbons (Fsp3) is 0.389. The lowest BCUT2D eigenvalue weighted by atomic mass is 10.1. The summed E-state index contributed by atoms with van der Waals surface area (Å²) in [6.07, 6.45) is -2.26. The van der Waals surface area contributed by atoms with Crippen molar-refractivity contribution in [2.24, 2.45) is 0 Å². The first-order valence-electron chi connectivity index (χ1n) is 8.58. The van der Waals surface area contributed by atoms with Crippen molar-refractivity contribution in [2.45, 2.75) is 43.1 Å². The molecule has 0 fully saturated rings. The molecule has 2 aliphatic rings. The molecule has 0 spiro atoms. The summed E-state index contributed by atoms with van der Waals surface area (Å²) in [5.41, 5.74) is 0.250. The van der Waals surface area contributed by atoms with Gasteiger partial charge in [-0.15, -0.1) is 0 Å². The number of halogens is 3. The van der Waals surface area contributed by atoms with Crippen molar-refractivity contribution in [1.29, 1.82) is 0 Å². The molecule has 142 valence electrons. The number of rotatable bonds is 3. The fourth-order valence-electron chi connectivity index (χ4n) is 3.56. The summed E-state index contributed by atoms with van der Waals surface area (Å²) in [6.45, 7) is 0. The summed E-state index contributed by atoms with van der Waals surface area (Å²) in [6, 6.07) is 4.44. The first-order chi connectivity index (χ1) is 12.8. The van der Waals surface area contributed by atoms with Crippen LogP contribution in [0, 0.1) is 0 Å². The van der Waals surface area contributed by atoms with Crippen LogP contribution in [0.25, 0.3) is 0 Å². The normalized spacial score (nSPS) is 18.3. The van der Waals surface area contributed by atoms with Crippen LogP contribution in [0.4, 0.5) is 18.9 Å². The number of nitrogens with one attached hydrogen (secondary N) is 1. The monoisotopic (exact) mass is 395 g/mol. The minimum absolute atomic E-state index is 0.0768. The lowest BCUT2D eigenvalue weighted by Crippen LogP contribution is -2.30. The van der Waals surface area contributed by atoms with Gasteiger partial charge in [-0.2, -0.15) is 13.2 Å². The summed E-state index contributed by atoms with van der Waals surface area (Å²) in [4.78, 5) is 29.6. The number of hydrogen-bond donors (Lipinski definition) is 1. The topological polar surface area (TPSA) is 64.0 Å². The van der Waals surface area contributed by atoms with E-state index in [1.165, 1.54) is 34.5 Å². The first kappa shape index (κ1) is 18.1. The second-order valence-electron chi connectivity index (χ2n) is 6.61. The van der Waals surface area contributed by atoms with Gasteiger partial charge in [-0.25, -0.2) is 4.98 Å². The molecule has 1 unspecified atom stereocenters. The maximum Gasteiger partial charge on any atom is 0.418 e. The van der Waals surface area contributed by atoms with Gasteiger partial charge in [0.2, 0.25) is 5.91 Å². The number of carbonyl (C=O) groups is 1. The van der Waals surface area contributed by atoms with E-state index in [9.17, 15) is 22.8 Å². The van der Waals surface area contributed by atoms with E-state index in [4.69, 9.17) is 0 Å². The molecule has 1 aliphatic carbocycles. The summed E-state index contributed by atoms with van der Waals surface area (Å²) >= 11 is 1.40. The number of benzene rings is 1. The Hall–Kier alpha value is -2.29. The second-order valence-corrected chi connectivity index (χ2v) is 7.60. The van der Waals surface area contributed by atoms with Crippen molar-refractivity contribution in [1.82, 2.24) is 9.55 Å². The van der Waals surface area contributed by atoms with Crippen LogP contribution >= 0.6 is 11.8 Å². The smallest absolute Gasteiger partial charge is 0.325 e. The molecule has 1 atom stereocenters. The summed E-state index contributed by atoms with van der Waals surface area (Å²) in [7, 11) is 0. The molecule has 2 aromatic rings. The van der Waals surface area contributed by atoms with Crippen LogP contribution in [-0.2, 0) is 23.8 Å². The molecule has 0 bridgehead atoms. The van der Waals surface area contributed by atoms with Crippen molar-refractivity contribution in [3.8, 4) is 0 Å². The van der Waals surface area contributed by atoms with Crippen LogP contribution in [0.2, 0.25) is 0 Å². The standard InChI is InChI=1S/C18H16F3N3O2S/c19-18(20,21)12-5-1-2-6-14(12)22-15(25)8-10-9-27-17-23-13-7-3-4-11(13)16(26)24(10)17/h1-2,5-6,10H,3-4,7-9H2,(H,22,25). The van der Waals surface area contributed by atoms with Crippen molar-refractivity contribution >= 4 is 23.4 Å². The molecular weight excluding hydrogens is 379 g/mol. The van der Waals surface area contributed by atoms with E-state index >= 15 is 0 Å².